The maximum atomic E-state index is 13.3. The molecule has 1 fully saturated rings. The van der Waals surface area contributed by atoms with Crippen molar-refractivity contribution >= 4 is 24.8 Å². The molecule has 0 bridgehead atoms. The third-order valence-electron chi connectivity index (χ3n) is 3.90. The van der Waals surface area contributed by atoms with Gasteiger partial charge in [-0.15, -0.1) is 24.8 Å². The molecule has 0 aromatic heterocycles. The molecule has 1 aromatic rings. The van der Waals surface area contributed by atoms with Crippen LogP contribution in [-0.4, -0.2) is 31.1 Å². The van der Waals surface area contributed by atoms with E-state index in [4.69, 9.17) is 0 Å². The van der Waals surface area contributed by atoms with E-state index in [9.17, 15) is 13.2 Å². The molecule has 1 aliphatic heterocycles. The zero-order chi connectivity index (χ0) is 15.7. The standard InChI is InChI=1S/C16H23F3N2.2ClH/c1-15(2,3)14(21-10-8-20-9-11-21)12-6-4-5-7-13(12)16(17,18)19;;/h4-7,14,20H,8-11H2,1-3H3;2*1H/t14-;;/m0../s1. The van der Waals surface area contributed by atoms with Crippen LogP contribution in [0.5, 0.6) is 0 Å². The second kappa shape index (κ2) is 8.56. The van der Waals surface area contributed by atoms with E-state index in [1.807, 2.05) is 20.8 Å². The van der Waals surface area contributed by atoms with Gasteiger partial charge in [0.1, 0.15) is 0 Å². The van der Waals surface area contributed by atoms with Crippen LogP contribution in [0.1, 0.15) is 37.9 Å². The van der Waals surface area contributed by atoms with Gasteiger partial charge < -0.3 is 5.32 Å². The van der Waals surface area contributed by atoms with Crippen molar-refractivity contribution in [3.05, 3.63) is 35.4 Å². The summed E-state index contributed by atoms with van der Waals surface area (Å²) in [5, 5.41) is 3.25. The van der Waals surface area contributed by atoms with Crippen molar-refractivity contribution in [1.82, 2.24) is 10.2 Å². The normalized spacial score (nSPS) is 17.8. The predicted octanol–water partition coefficient (Wildman–Crippen LogP) is 4.54. The third kappa shape index (κ3) is 5.52. The number of halogens is 5. The highest BCUT2D eigenvalue weighted by molar-refractivity contribution is 5.85. The lowest BCUT2D eigenvalue weighted by molar-refractivity contribution is -0.139. The highest BCUT2D eigenvalue weighted by Gasteiger charge is 2.40. The van der Waals surface area contributed by atoms with E-state index >= 15 is 0 Å². The van der Waals surface area contributed by atoms with Crippen molar-refractivity contribution in [3.8, 4) is 0 Å². The molecular formula is C16H25Cl2F3N2. The molecule has 0 spiro atoms. The summed E-state index contributed by atoms with van der Waals surface area (Å²) in [5.74, 6) is 0. The van der Waals surface area contributed by atoms with Crippen molar-refractivity contribution < 1.29 is 13.2 Å². The topological polar surface area (TPSA) is 15.3 Å². The van der Waals surface area contributed by atoms with Crippen LogP contribution in [-0.2, 0) is 6.18 Å². The van der Waals surface area contributed by atoms with Gasteiger partial charge in [0.2, 0.25) is 0 Å². The first-order valence-corrected chi connectivity index (χ1v) is 7.32. The van der Waals surface area contributed by atoms with Gasteiger partial charge in [0.15, 0.2) is 0 Å². The molecule has 2 rings (SSSR count). The lowest BCUT2D eigenvalue weighted by Crippen LogP contribution is -2.48. The van der Waals surface area contributed by atoms with Gasteiger partial charge in [0.25, 0.3) is 0 Å². The van der Waals surface area contributed by atoms with Crippen LogP contribution in [0.15, 0.2) is 24.3 Å². The predicted molar refractivity (Wildman–Crippen MR) is 92.6 cm³/mol. The highest BCUT2D eigenvalue weighted by Crippen LogP contribution is 2.43. The first-order chi connectivity index (χ1) is 9.71. The van der Waals surface area contributed by atoms with E-state index in [1.54, 1.807) is 12.1 Å². The fourth-order valence-electron chi connectivity index (χ4n) is 3.14. The summed E-state index contributed by atoms with van der Waals surface area (Å²) in [7, 11) is 0. The van der Waals surface area contributed by atoms with E-state index < -0.39 is 11.7 Å². The van der Waals surface area contributed by atoms with Crippen LogP contribution in [0.25, 0.3) is 0 Å². The van der Waals surface area contributed by atoms with Crippen LogP contribution in [0.3, 0.4) is 0 Å². The zero-order valence-electron chi connectivity index (χ0n) is 13.6. The maximum absolute atomic E-state index is 13.3. The van der Waals surface area contributed by atoms with Gasteiger partial charge in [0.05, 0.1) is 5.56 Å². The van der Waals surface area contributed by atoms with E-state index in [0.29, 0.717) is 5.56 Å². The molecule has 1 aromatic carbocycles. The molecule has 0 aliphatic carbocycles. The van der Waals surface area contributed by atoms with E-state index in [-0.39, 0.29) is 36.3 Å². The highest BCUT2D eigenvalue weighted by atomic mass is 35.5. The molecule has 134 valence electrons. The van der Waals surface area contributed by atoms with Gasteiger partial charge >= 0.3 is 6.18 Å². The number of hydrogen-bond acceptors (Lipinski definition) is 2. The Morgan fingerprint density at radius 3 is 2.00 bits per heavy atom. The van der Waals surface area contributed by atoms with Gasteiger partial charge in [-0.05, 0) is 17.0 Å². The number of benzene rings is 1. The molecule has 1 atom stereocenters. The van der Waals surface area contributed by atoms with Gasteiger partial charge in [-0.1, -0.05) is 39.0 Å². The summed E-state index contributed by atoms with van der Waals surface area (Å²) >= 11 is 0. The summed E-state index contributed by atoms with van der Waals surface area (Å²) in [5.41, 5.74) is -0.388. The van der Waals surface area contributed by atoms with E-state index in [1.165, 1.54) is 12.1 Å². The van der Waals surface area contributed by atoms with Crippen LogP contribution in [0.2, 0.25) is 0 Å². The van der Waals surface area contributed by atoms with Crippen molar-refractivity contribution in [3.63, 3.8) is 0 Å². The van der Waals surface area contributed by atoms with Gasteiger partial charge in [0, 0.05) is 32.2 Å². The van der Waals surface area contributed by atoms with Crippen LogP contribution < -0.4 is 5.32 Å². The fraction of sp³-hybridized carbons (Fsp3) is 0.625. The lowest BCUT2D eigenvalue weighted by Gasteiger charge is -2.43. The number of piperazine rings is 1. The van der Waals surface area contributed by atoms with Crippen molar-refractivity contribution in [2.24, 2.45) is 5.41 Å². The molecule has 0 amide bonds. The number of nitrogens with zero attached hydrogens (tertiary/aromatic N) is 1. The minimum absolute atomic E-state index is 0. The Morgan fingerprint density at radius 1 is 1.00 bits per heavy atom. The molecule has 1 heterocycles. The Hall–Kier alpha value is -0.490. The molecule has 7 heteroatoms. The van der Waals surface area contributed by atoms with Crippen molar-refractivity contribution in [2.45, 2.75) is 33.0 Å². The fourth-order valence-corrected chi connectivity index (χ4v) is 3.14. The number of alkyl halides is 3. The van der Waals surface area contributed by atoms with Crippen LogP contribution in [0, 0.1) is 5.41 Å². The first-order valence-electron chi connectivity index (χ1n) is 7.32. The summed E-state index contributed by atoms with van der Waals surface area (Å²) in [6.07, 6.45) is -4.31. The quantitative estimate of drug-likeness (QED) is 0.819. The van der Waals surface area contributed by atoms with Gasteiger partial charge in [-0.3, -0.25) is 4.90 Å². The third-order valence-corrected chi connectivity index (χ3v) is 3.90. The minimum atomic E-state index is -4.31. The van der Waals surface area contributed by atoms with E-state index in [2.05, 4.69) is 10.2 Å². The van der Waals surface area contributed by atoms with Crippen LogP contribution in [0.4, 0.5) is 13.2 Å². The zero-order valence-corrected chi connectivity index (χ0v) is 15.2. The SMILES string of the molecule is CC(C)(C)[C@H](c1ccccc1C(F)(F)F)N1CCNCC1.Cl.Cl. The molecule has 1 saturated heterocycles. The molecule has 1 aliphatic rings. The summed E-state index contributed by atoms with van der Waals surface area (Å²) < 4.78 is 40.0. The molecule has 0 radical (unpaired) electrons. The molecule has 0 unspecified atom stereocenters. The Labute approximate surface area is 148 Å². The number of nitrogens with one attached hydrogen (secondary N) is 1. The van der Waals surface area contributed by atoms with Gasteiger partial charge in [-0.2, -0.15) is 13.2 Å². The second-order valence-electron chi connectivity index (χ2n) is 6.64. The van der Waals surface area contributed by atoms with Crippen molar-refractivity contribution in [2.75, 3.05) is 26.2 Å². The smallest absolute Gasteiger partial charge is 0.314 e. The monoisotopic (exact) mass is 372 g/mol. The lowest BCUT2D eigenvalue weighted by atomic mass is 9.79. The number of hydrogen-bond donors (Lipinski definition) is 1. The second-order valence-corrected chi connectivity index (χ2v) is 6.64. The Bertz CT molecular complexity index is 481. The Morgan fingerprint density at radius 2 is 1.52 bits per heavy atom. The molecule has 1 N–H and O–H groups in total. The largest absolute Gasteiger partial charge is 0.416 e. The molecule has 0 saturated carbocycles. The summed E-state index contributed by atoms with van der Waals surface area (Å²) in [6.45, 7) is 9.20. The first kappa shape index (κ1) is 22.5. The van der Waals surface area contributed by atoms with Crippen LogP contribution >= 0.6 is 24.8 Å². The van der Waals surface area contributed by atoms with Crippen molar-refractivity contribution in [1.29, 1.82) is 0 Å². The molecule has 23 heavy (non-hydrogen) atoms. The van der Waals surface area contributed by atoms with E-state index in [0.717, 1.165) is 26.2 Å². The summed E-state index contributed by atoms with van der Waals surface area (Å²) in [4.78, 5) is 2.17. The average Bonchev–Trinajstić information content (AvgIpc) is 2.38. The van der Waals surface area contributed by atoms with Gasteiger partial charge in [-0.25, -0.2) is 0 Å². The Balaban J connectivity index is 0.00000242. The molecule has 2 nitrogen and oxygen atoms in total. The molecular weight excluding hydrogens is 348 g/mol. The Kier molecular flexibility index (Phi) is 8.38. The number of rotatable bonds is 2. The average molecular weight is 373 g/mol. The summed E-state index contributed by atoms with van der Waals surface area (Å²) in [6, 6.07) is 5.74. The maximum Gasteiger partial charge on any atom is 0.416 e. The minimum Gasteiger partial charge on any atom is -0.314 e.